The van der Waals surface area contributed by atoms with E-state index in [-0.39, 0.29) is 19.0 Å². The number of hydrogen-bond acceptors (Lipinski definition) is 6. The van der Waals surface area contributed by atoms with Crippen molar-refractivity contribution in [3.8, 4) is 0 Å². The van der Waals surface area contributed by atoms with E-state index in [9.17, 15) is 19.2 Å². The Balaban J connectivity index is 3.41. The van der Waals surface area contributed by atoms with E-state index in [2.05, 4.69) is 21.9 Å². The number of nitrogens with one attached hydrogen (secondary N) is 2. The molecule has 35 heavy (non-hydrogen) atoms. The number of aryl methyl sites for hydroxylation is 1. The van der Waals surface area contributed by atoms with E-state index in [1.54, 1.807) is 39.0 Å². The maximum atomic E-state index is 13.8. The smallest absolute Gasteiger partial charge is 0.408 e. The van der Waals surface area contributed by atoms with Gasteiger partial charge in [0.2, 0.25) is 11.8 Å². The van der Waals surface area contributed by atoms with Gasteiger partial charge < -0.3 is 25.0 Å². The molecule has 0 fully saturated rings. The van der Waals surface area contributed by atoms with E-state index in [1.165, 1.54) is 18.1 Å². The molecule has 0 aromatic heterocycles. The summed E-state index contributed by atoms with van der Waals surface area (Å²) in [5.74, 6) is -1.58. The van der Waals surface area contributed by atoms with Crippen LogP contribution in [-0.2, 0) is 23.9 Å². The van der Waals surface area contributed by atoms with Gasteiger partial charge in [0.25, 0.3) is 0 Å². The van der Waals surface area contributed by atoms with Crippen LogP contribution in [0.4, 0.5) is 4.79 Å². The highest BCUT2D eigenvalue weighted by Crippen LogP contribution is 2.24. The molecule has 2 unspecified atom stereocenters. The first-order valence-corrected chi connectivity index (χ1v) is 11.6. The number of alkyl carbamates (subject to hydrolysis) is 1. The zero-order chi connectivity index (χ0) is 26.8. The van der Waals surface area contributed by atoms with Gasteiger partial charge >= 0.3 is 12.1 Å². The van der Waals surface area contributed by atoms with Crippen molar-refractivity contribution < 1.29 is 28.7 Å². The van der Waals surface area contributed by atoms with E-state index >= 15 is 0 Å². The molecule has 0 bridgehead atoms. The van der Waals surface area contributed by atoms with Crippen LogP contribution in [0, 0.1) is 12.8 Å². The molecule has 2 atom stereocenters. The third-order valence-corrected chi connectivity index (χ3v) is 4.86. The SMILES string of the molecule is C=CCN(C(=O)C(CC(C)C)NC(=O)OC(C)(C)C)C(C(=O)NCC(=O)OC)c1cccc(C)c1. The maximum Gasteiger partial charge on any atom is 0.408 e. The third kappa shape index (κ3) is 10.2. The fraction of sp³-hybridized carbons (Fsp3) is 0.538. The van der Waals surface area contributed by atoms with Crippen molar-refractivity contribution >= 4 is 23.9 Å². The molecule has 0 radical (unpaired) electrons. The van der Waals surface area contributed by atoms with Gasteiger partial charge in [0.15, 0.2) is 0 Å². The Labute approximate surface area is 208 Å². The second-order valence-electron chi connectivity index (χ2n) is 9.72. The second kappa shape index (κ2) is 13.5. The molecule has 0 aliphatic heterocycles. The molecule has 9 nitrogen and oxygen atoms in total. The first kappa shape index (κ1) is 29.7. The highest BCUT2D eigenvalue weighted by atomic mass is 16.6. The number of carbonyl (C=O) groups excluding carboxylic acids is 4. The summed E-state index contributed by atoms with van der Waals surface area (Å²) in [4.78, 5) is 52.6. The molecule has 0 aliphatic carbocycles. The average Bonchev–Trinajstić information content (AvgIpc) is 2.74. The highest BCUT2D eigenvalue weighted by Gasteiger charge is 2.36. The van der Waals surface area contributed by atoms with Gasteiger partial charge in [-0.2, -0.15) is 0 Å². The fourth-order valence-corrected chi connectivity index (χ4v) is 3.45. The number of amides is 3. The summed E-state index contributed by atoms with van der Waals surface area (Å²) < 4.78 is 9.97. The normalized spacial score (nSPS) is 12.8. The minimum atomic E-state index is -1.07. The molecule has 1 aromatic rings. The molecule has 1 aromatic carbocycles. The predicted octanol–water partition coefficient (Wildman–Crippen LogP) is 3.28. The summed E-state index contributed by atoms with van der Waals surface area (Å²) in [7, 11) is 1.22. The molecule has 0 aliphatic rings. The number of benzene rings is 1. The molecule has 0 saturated heterocycles. The molecule has 2 N–H and O–H groups in total. The number of rotatable bonds is 11. The Morgan fingerprint density at radius 2 is 1.83 bits per heavy atom. The van der Waals surface area contributed by atoms with E-state index in [1.807, 2.05) is 26.8 Å². The molecule has 0 spiro atoms. The quantitative estimate of drug-likeness (QED) is 0.364. The average molecular weight is 490 g/mol. The minimum absolute atomic E-state index is 0.0354. The number of methoxy groups -OCH3 is 1. The lowest BCUT2D eigenvalue weighted by Crippen LogP contribution is -2.53. The predicted molar refractivity (Wildman–Crippen MR) is 133 cm³/mol. The van der Waals surface area contributed by atoms with Crippen molar-refractivity contribution in [1.29, 1.82) is 0 Å². The van der Waals surface area contributed by atoms with Crippen LogP contribution in [0.3, 0.4) is 0 Å². The summed E-state index contributed by atoms with van der Waals surface area (Å²) in [5, 5.41) is 5.21. The lowest BCUT2D eigenvalue weighted by atomic mass is 9.98. The Kier molecular flexibility index (Phi) is 11.5. The van der Waals surface area contributed by atoms with Crippen molar-refractivity contribution in [3.05, 3.63) is 48.0 Å². The number of ether oxygens (including phenoxy) is 2. The maximum absolute atomic E-state index is 13.8. The molecular weight excluding hydrogens is 450 g/mol. The van der Waals surface area contributed by atoms with Crippen LogP contribution in [-0.4, -0.2) is 60.6 Å². The molecule has 194 valence electrons. The Bertz CT molecular complexity index is 907. The molecule has 3 amide bonds. The van der Waals surface area contributed by atoms with Crippen molar-refractivity contribution in [2.24, 2.45) is 5.92 Å². The van der Waals surface area contributed by atoms with E-state index < -0.39 is 41.6 Å². The molecule has 1 rings (SSSR count). The zero-order valence-electron chi connectivity index (χ0n) is 21.8. The van der Waals surface area contributed by atoms with Gasteiger partial charge in [0, 0.05) is 6.54 Å². The van der Waals surface area contributed by atoms with Gasteiger partial charge in [0.1, 0.15) is 24.2 Å². The summed E-state index contributed by atoms with van der Waals surface area (Å²) in [5.41, 5.74) is 0.710. The van der Waals surface area contributed by atoms with Gasteiger partial charge in [-0.3, -0.25) is 14.4 Å². The van der Waals surface area contributed by atoms with Crippen LogP contribution in [0.2, 0.25) is 0 Å². The summed E-state index contributed by atoms with van der Waals surface area (Å²) in [6.07, 6.45) is 1.11. The lowest BCUT2D eigenvalue weighted by Gasteiger charge is -2.34. The van der Waals surface area contributed by atoms with Crippen LogP contribution in [0.5, 0.6) is 0 Å². The zero-order valence-corrected chi connectivity index (χ0v) is 21.8. The van der Waals surface area contributed by atoms with E-state index in [0.29, 0.717) is 12.0 Å². The fourth-order valence-electron chi connectivity index (χ4n) is 3.45. The van der Waals surface area contributed by atoms with E-state index in [4.69, 9.17) is 4.74 Å². The summed E-state index contributed by atoms with van der Waals surface area (Å²) in [6, 6.07) is 5.18. The first-order chi connectivity index (χ1) is 16.3. The van der Waals surface area contributed by atoms with Crippen LogP contribution in [0.25, 0.3) is 0 Å². The largest absolute Gasteiger partial charge is 0.468 e. The Morgan fingerprint density at radius 3 is 2.34 bits per heavy atom. The Hall–Kier alpha value is -3.36. The van der Waals surface area contributed by atoms with Gasteiger partial charge in [-0.1, -0.05) is 49.8 Å². The van der Waals surface area contributed by atoms with Crippen LogP contribution >= 0.6 is 0 Å². The van der Waals surface area contributed by atoms with Crippen LogP contribution in [0.1, 0.15) is 58.2 Å². The molecular formula is C26H39N3O6. The summed E-state index contributed by atoms with van der Waals surface area (Å²) in [6.45, 7) is 14.3. The lowest BCUT2D eigenvalue weighted by molar-refractivity contribution is -0.144. The molecule has 0 heterocycles. The summed E-state index contributed by atoms with van der Waals surface area (Å²) >= 11 is 0. The standard InChI is InChI=1S/C26H39N3O6/c1-9-13-29(24(32)20(14-17(2)3)28-25(33)35-26(5,6)7)22(19-12-10-11-18(4)15-19)23(31)27-16-21(30)34-8/h9-12,15,17,20,22H,1,13-14,16H2,2-8H3,(H,27,31)(H,28,33). The minimum Gasteiger partial charge on any atom is -0.468 e. The Morgan fingerprint density at radius 1 is 1.17 bits per heavy atom. The van der Waals surface area contributed by atoms with Gasteiger partial charge in [-0.15, -0.1) is 6.58 Å². The highest BCUT2D eigenvalue weighted by molar-refractivity contribution is 5.93. The van der Waals surface area contributed by atoms with Crippen molar-refractivity contribution in [1.82, 2.24) is 15.5 Å². The van der Waals surface area contributed by atoms with Crippen LogP contribution in [0.15, 0.2) is 36.9 Å². The number of esters is 1. The number of nitrogens with zero attached hydrogens (tertiary/aromatic N) is 1. The van der Waals surface area contributed by atoms with Crippen molar-refractivity contribution in [2.45, 2.75) is 65.6 Å². The third-order valence-electron chi connectivity index (χ3n) is 4.86. The van der Waals surface area contributed by atoms with Crippen molar-refractivity contribution in [2.75, 3.05) is 20.2 Å². The first-order valence-electron chi connectivity index (χ1n) is 11.6. The molecule has 9 heteroatoms. The number of hydrogen-bond donors (Lipinski definition) is 2. The monoisotopic (exact) mass is 489 g/mol. The topological polar surface area (TPSA) is 114 Å². The number of carbonyl (C=O) groups is 4. The van der Waals surface area contributed by atoms with Gasteiger partial charge in [0.05, 0.1) is 7.11 Å². The van der Waals surface area contributed by atoms with E-state index in [0.717, 1.165) is 5.56 Å². The van der Waals surface area contributed by atoms with Crippen LogP contribution < -0.4 is 10.6 Å². The second-order valence-corrected chi connectivity index (χ2v) is 9.72. The molecule has 0 saturated carbocycles. The van der Waals surface area contributed by atoms with Gasteiger partial charge in [-0.25, -0.2) is 4.79 Å². The van der Waals surface area contributed by atoms with Gasteiger partial charge in [-0.05, 0) is 45.6 Å². The van der Waals surface area contributed by atoms with Crippen molar-refractivity contribution in [3.63, 3.8) is 0 Å².